The van der Waals surface area contributed by atoms with Crippen molar-refractivity contribution in [1.29, 1.82) is 0 Å². The molecule has 0 radical (unpaired) electrons. The smallest absolute Gasteiger partial charge is 0.119 e. The number of unbranched alkanes of at least 4 members (excludes halogenated alkanes) is 4. The Kier molecular flexibility index (Phi) is 13.1. The molecule has 4 rings (SSSR count). The van der Waals surface area contributed by atoms with Crippen molar-refractivity contribution in [2.75, 3.05) is 6.61 Å². The summed E-state index contributed by atoms with van der Waals surface area (Å²) in [6.45, 7) is 5.35. The molecule has 0 heterocycles. The molecule has 3 aliphatic carbocycles. The average molecular weight is 521 g/mol. The fourth-order valence-corrected chi connectivity index (χ4v) is 8.14. The van der Waals surface area contributed by atoms with Gasteiger partial charge < -0.3 is 4.74 Å². The molecule has 0 bridgehead atoms. The summed E-state index contributed by atoms with van der Waals surface area (Å²) in [5, 5.41) is 0. The Morgan fingerprint density at radius 1 is 0.632 bits per heavy atom. The van der Waals surface area contributed by atoms with Crippen LogP contribution in [0.25, 0.3) is 0 Å². The average Bonchev–Trinajstić information content (AvgIpc) is 2.97. The van der Waals surface area contributed by atoms with Crippen LogP contribution in [0.2, 0.25) is 0 Å². The fraction of sp³-hybridized carbons (Fsp3) is 0.784. The molecule has 0 aromatic heterocycles. The van der Waals surface area contributed by atoms with E-state index in [0.717, 1.165) is 41.3 Å². The Hall–Kier alpha value is -1.24. The molecule has 1 nitrogen and oxygen atoms in total. The minimum Gasteiger partial charge on any atom is -0.490 e. The van der Waals surface area contributed by atoms with Crippen LogP contribution in [-0.4, -0.2) is 6.61 Å². The van der Waals surface area contributed by atoms with E-state index in [1.807, 2.05) is 0 Å². The van der Waals surface area contributed by atoms with Gasteiger partial charge in [0.1, 0.15) is 12.4 Å². The Balaban J connectivity index is 1.08. The molecule has 0 N–H and O–H groups in total. The molecule has 0 amide bonds. The van der Waals surface area contributed by atoms with Crippen LogP contribution in [-0.2, 0) is 0 Å². The van der Waals surface area contributed by atoms with E-state index in [2.05, 4.69) is 50.3 Å². The minimum absolute atomic E-state index is 0.712. The van der Waals surface area contributed by atoms with Crippen molar-refractivity contribution >= 4 is 0 Å². The van der Waals surface area contributed by atoms with E-state index in [1.165, 1.54) is 134 Å². The predicted octanol–water partition coefficient (Wildman–Crippen LogP) is 11.7. The summed E-state index contributed by atoms with van der Waals surface area (Å²) >= 11 is 0. The Labute approximate surface area is 236 Å². The van der Waals surface area contributed by atoms with E-state index in [-0.39, 0.29) is 0 Å². The lowest BCUT2D eigenvalue weighted by Gasteiger charge is -2.37. The van der Waals surface area contributed by atoms with Crippen LogP contribution in [0.15, 0.2) is 36.4 Å². The highest BCUT2D eigenvalue weighted by atomic mass is 16.5. The zero-order valence-electron chi connectivity index (χ0n) is 25.2. The highest BCUT2D eigenvalue weighted by molar-refractivity contribution is 5.30. The van der Waals surface area contributed by atoms with E-state index in [1.54, 1.807) is 0 Å². The molecule has 0 aliphatic heterocycles. The van der Waals surface area contributed by atoms with Gasteiger partial charge in [0.2, 0.25) is 0 Å². The first kappa shape index (κ1) is 29.7. The summed E-state index contributed by atoms with van der Waals surface area (Å²) < 4.78 is 6.09. The third-order valence-electron chi connectivity index (χ3n) is 10.8. The molecule has 0 atom stereocenters. The van der Waals surface area contributed by atoms with Gasteiger partial charge in [0, 0.05) is 0 Å². The SMILES string of the molecule is CCCCCC1CCC(c2ccc(OCC=CC3CCC(C4CCC(CCCCC)CC4)CC3)cc2)CC1. The van der Waals surface area contributed by atoms with E-state index in [9.17, 15) is 0 Å². The summed E-state index contributed by atoms with van der Waals surface area (Å²) in [6.07, 6.45) is 33.6. The van der Waals surface area contributed by atoms with Crippen LogP contribution in [0, 0.1) is 29.6 Å². The monoisotopic (exact) mass is 520 g/mol. The predicted molar refractivity (Wildman–Crippen MR) is 165 cm³/mol. The largest absolute Gasteiger partial charge is 0.490 e. The molecule has 0 unspecified atom stereocenters. The summed E-state index contributed by atoms with van der Waals surface area (Å²) in [5.74, 6) is 6.66. The van der Waals surface area contributed by atoms with Crippen molar-refractivity contribution in [3.8, 4) is 5.75 Å². The molecule has 1 aromatic rings. The maximum absolute atomic E-state index is 6.09. The Bertz CT molecular complexity index is 754. The van der Waals surface area contributed by atoms with Crippen LogP contribution < -0.4 is 4.74 Å². The summed E-state index contributed by atoms with van der Waals surface area (Å²) in [7, 11) is 0. The van der Waals surface area contributed by atoms with Crippen molar-refractivity contribution in [2.45, 2.75) is 148 Å². The maximum Gasteiger partial charge on any atom is 0.119 e. The molecule has 214 valence electrons. The molecule has 1 aromatic carbocycles. The molecule has 3 fully saturated rings. The molecular formula is C37H60O. The van der Waals surface area contributed by atoms with Gasteiger partial charge in [-0.25, -0.2) is 0 Å². The quantitative estimate of drug-likeness (QED) is 0.175. The van der Waals surface area contributed by atoms with Gasteiger partial charge >= 0.3 is 0 Å². The lowest BCUT2D eigenvalue weighted by Crippen LogP contribution is -2.25. The van der Waals surface area contributed by atoms with Gasteiger partial charge in [-0.05, 0) is 117 Å². The number of benzene rings is 1. The zero-order valence-corrected chi connectivity index (χ0v) is 25.2. The first-order chi connectivity index (χ1) is 18.7. The van der Waals surface area contributed by atoms with Gasteiger partial charge in [-0.1, -0.05) is 102 Å². The zero-order chi connectivity index (χ0) is 26.4. The Morgan fingerprint density at radius 3 is 1.71 bits per heavy atom. The van der Waals surface area contributed by atoms with Crippen LogP contribution in [0.3, 0.4) is 0 Å². The van der Waals surface area contributed by atoms with E-state index >= 15 is 0 Å². The standard InChI is InChI=1S/C37H60O/c1-3-5-7-10-30-13-19-33(20-14-30)34-23-17-32(18-24-34)12-9-29-38-37-27-25-36(26-28-37)35-21-15-31(16-22-35)11-8-6-4-2/h9,12,25-28,30-35H,3-8,10-11,13-24,29H2,1-2H3. The Morgan fingerprint density at radius 2 is 1.16 bits per heavy atom. The van der Waals surface area contributed by atoms with Gasteiger partial charge in [-0.2, -0.15) is 0 Å². The summed E-state index contributed by atoms with van der Waals surface area (Å²) in [4.78, 5) is 0. The van der Waals surface area contributed by atoms with E-state index < -0.39 is 0 Å². The first-order valence-electron chi connectivity index (χ1n) is 17.1. The lowest BCUT2D eigenvalue weighted by molar-refractivity contribution is 0.151. The fourth-order valence-electron chi connectivity index (χ4n) is 8.14. The number of hydrogen-bond acceptors (Lipinski definition) is 1. The number of hydrogen-bond donors (Lipinski definition) is 0. The van der Waals surface area contributed by atoms with Gasteiger partial charge in [-0.15, -0.1) is 0 Å². The second-order valence-electron chi connectivity index (χ2n) is 13.5. The third-order valence-corrected chi connectivity index (χ3v) is 10.8. The van der Waals surface area contributed by atoms with Crippen LogP contribution in [0.4, 0.5) is 0 Å². The van der Waals surface area contributed by atoms with Gasteiger partial charge in [0.15, 0.2) is 0 Å². The van der Waals surface area contributed by atoms with Gasteiger partial charge in [0.25, 0.3) is 0 Å². The maximum atomic E-state index is 6.09. The second-order valence-corrected chi connectivity index (χ2v) is 13.5. The van der Waals surface area contributed by atoms with Crippen molar-refractivity contribution in [3.05, 3.63) is 42.0 Å². The normalized spacial score (nSPS) is 30.5. The van der Waals surface area contributed by atoms with Crippen molar-refractivity contribution in [1.82, 2.24) is 0 Å². The van der Waals surface area contributed by atoms with Crippen LogP contribution in [0.5, 0.6) is 5.75 Å². The first-order valence-corrected chi connectivity index (χ1v) is 17.1. The second kappa shape index (κ2) is 16.8. The molecule has 1 heteroatoms. The van der Waals surface area contributed by atoms with Crippen molar-refractivity contribution < 1.29 is 4.74 Å². The minimum atomic E-state index is 0.712. The van der Waals surface area contributed by atoms with E-state index in [4.69, 9.17) is 4.74 Å². The van der Waals surface area contributed by atoms with Crippen LogP contribution in [0.1, 0.15) is 154 Å². The topological polar surface area (TPSA) is 9.23 Å². The summed E-state index contributed by atoms with van der Waals surface area (Å²) in [5.41, 5.74) is 1.53. The van der Waals surface area contributed by atoms with Gasteiger partial charge in [-0.3, -0.25) is 0 Å². The number of ether oxygens (including phenoxy) is 1. The van der Waals surface area contributed by atoms with Crippen molar-refractivity contribution in [3.63, 3.8) is 0 Å². The third kappa shape index (κ3) is 9.75. The summed E-state index contributed by atoms with van der Waals surface area (Å²) in [6, 6.07) is 9.09. The lowest BCUT2D eigenvalue weighted by atomic mass is 9.68. The van der Waals surface area contributed by atoms with Crippen molar-refractivity contribution in [2.24, 2.45) is 29.6 Å². The molecule has 0 spiro atoms. The van der Waals surface area contributed by atoms with Crippen LogP contribution >= 0.6 is 0 Å². The highest BCUT2D eigenvalue weighted by Gasteiger charge is 2.30. The molecule has 3 aliphatic rings. The highest BCUT2D eigenvalue weighted by Crippen LogP contribution is 2.42. The number of allylic oxidation sites excluding steroid dienone is 1. The van der Waals surface area contributed by atoms with E-state index in [0.29, 0.717) is 6.61 Å². The molecular weight excluding hydrogens is 460 g/mol. The molecule has 38 heavy (non-hydrogen) atoms. The number of rotatable bonds is 14. The molecule has 3 saturated carbocycles. The molecule has 0 saturated heterocycles. The van der Waals surface area contributed by atoms with Gasteiger partial charge in [0.05, 0.1) is 0 Å².